The Hall–Kier alpha value is -1.82. The summed E-state index contributed by atoms with van der Waals surface area (Å²) >= 11 is 3.49. The van der Waals surface area contributed by atoms with Crippen molar-refractivity contribution in [2.24, 2.45) is 0 Å². The van der Waals surface area contributed by atoms with E-state index in [1.54, 1.807) is 6.20 Å². The van der Waals surface area contributed by atoms with E-state index in [-0.39, 0.29) is 0 Å². The molecule has 2 aromatic rings. The summed E-state index contributed by atoms with van der Waals surface area (Å²) in [6.07, 6.45) is 1.71. The van der Waals surface area contributed by atoms with Gasteiger partial charge in [-0.3, -0.25) is 0 Å². The Bertz CT molecular complexity index is 581. The third-order valence-corrected chi connectivity index (χ3v) is 4.00. The number of hydrogen-bond acceptors (Lipinski definition) is 5. The van der Waals surface area contributed by atoms with E-state index in [1.807, 2.05) is 6.07 Å². The number of benzene rings is 1. The minimum absolute atomic E-state index is 0.314. The highest BCUT2D eigenvalue weighted by atomic mass is 79.9. The molecule has 1 aromatic carbocycles. The normalized spacial score (nSPS) is 15.4. The minimum Gasteiger partial charge on any atom is -0.368 e. The molecule has 3 rings (SSSR count). The van der Waals surface area contributed by atoms with Crippen LogP contribution in [0.2, 0.25) is 0 Å². The van der Waals surface area contributed by atoms with Gasteiger partial charge in [0.25, 0.3) is 0 Å². The maximum Gasteiger partial charge on any atom is 0.222 e. The molecule has 6 heteroatoms. The number of rotatable bonds is 2. The largest absolute Gasteiger partial charge is 0.368 e. The summed E-state index contributed by atoms with van der Waals surface area (Å²) in [4.78, 5) is 12.9. The summed E-state index contributed by atoms with van der Waals surface area (Å²) in [6, 6.07) is 10.5. The first-order chi connectivity index (χ1) is 9.74. The van der Waals surface area contributed by atoms with Crippen molar-refractivity contribution in [3.8, 4) is 0 Å². The monoisotopic (exact) mass is 333 g/mol. The van der Waals surface area contributed by atoms with E-state index >= 15 is 0 Å². The fraction of sp³-hybridized carbons (Fsp3) is 0.286. The zero-order valence-electron chi connectivity index (χ0n) is 11.0. The lowest BCUT2D eigenvalue weighted by molar-refractivity contribution is 0.646. The van der Waals surface area contributed by atoms with Gasteiger partial charge in [-0.15, -0.1) is 0 Å². The number of hydrogen-bond donors (Lipinski definition) is 1. The number of piperazine rings is 1. The van der Waals surface area contributed by atoms with Gasteiger partial charge in [-0.25, -0.2) is 4.98 Å². The first kappa shape index (κ1) is 13.2. The molecule has 5 nitrogen and oxygen atoms in total. The number of para-hydroxylation sites is 1. The van der Waals surface area contributed by atoms with Gasteiger partial charge >= 0.3 is 0 Å². The van der Waals surface area contributed by atoms with Crippen molar-refractivity contribution in [1.82, 2.24) is 9.97 Å². The number of anilines is 3. The van der Waals surface area contributed by atoms with Crippen LogP contribution in [0.5, 0.6) is 0 Å². The van der Waals surface area contributed by atoms with Crippen LogP contribution in [0.1, 0.15) is 0 Å². The molecule has 0 spiro atoms. The van der Waals surface area contributed by atoms with Gasteiger partial charge in [-0.1, -0.05) is 18.2 Å². The Morgan fingerprint density at radius 1 is 1.00 bits per heavy atom. The lowest BCUT2D eigenvalue weighted by Gasteiger charge is -2.37. The summed E-state index contributed by atoms with van der Waals surface area (Å²) in [5, 5.41) is 0. The molecule has 1 aliphatic rings. The van der Waals surface area contributed by atoms with Crippen LogP contribution < -0.4 is 15.5 Å². The number of halogens is 1. The Morgan fingerprint density at radius 3 is 2.35 bits per heavy atom. The van der Waals surface area contributed by atoms with Gasteiger partial charge in [0.05, 0.1) is 4.47 Å². The molecular weight excluding hydrogens is 318 g/mol. The zero-order chi connectivity index (χ0) is 13.9. The second kappa shape index (κ2) is 5.66. The number of nitrogens with two attached hydrogens (primary N) is 1. The van der Waals surface area contributed by atoms with Gasteiger partial charge in [-0.05, 0) is 28.1 Å². The molecule has 1 aromatic heterocycles. The van der Waals surface area contributed by atoms with Crippen LogP contribution in [0.15, 0.2) is 41.0 Å². The molecule has 20 heavy (non-hydrogen) atoms. The molecule has 2 N–H and O–H groups in total. The van der Waals surface area contributed by atoms with Crippen molar-refractivity contribution in [2.75, 3.05) is 41.7 Å². The SMILES string of the molecule is Nc1ncc(Br)c(N2CCN(c3ccccc3)CC2)n1. The lowest BCUT2D eigenvalue weighted by Crippen LogP contribution is -2.47. The Labute approximate surface area is 126 Å². The first-order valence-electron chi connectivity index (χ1n) is 6.57. The first-order valence-corrected chi connectivity index (χ1v) is 7.36. The number of nitrogen functional groups attached to an aromatic ring is 1. The molecular formula is C14H16BrN5. The van der Waals surface area contributed by atoms with Crippen LogP contribution in [-0.2, 0) is 0 Å². The molecule has 2 heterocycles. The highest BCUT2D eigenvalue weighted by Gasteiger charge is 2.20. The van der Waals surface area contributed by atoms with Crippen molar-refractivity contribution in [3.63, 3.8) is 0 Å². The van der Waals surface area contributed by atoms with Crippen molar-refractivity contribution in [2.45, 2.75) is 0 Å². The molecule has 0 atom stereocenters. The maximum atomic E-state index is 5.67. The van der Waals surface area contributed by atoms with Gasteiger partial charge < -0.3 is 15.5 Å². The number of aromatic nitrogens is 2. The van der Waals surface area contributed by atoms with Crippen LogP contribution in [0.4, 0.5) is 17.5 Å². The number of nitrogens with zero attached hydrogens (tertiary/aromatic N) is 4. The third kappa shape index (κ3) is 2.70. The fourth-order valence-corrected chi connectivity index (χ4v) is 2.85. The average Bonchev–Trinajstić information content (AvgIpc) is 2.51. The van der Waals surface area contributed by atoms with Crippen LogP contribution in [0.25, 0.3) is 0 Å². The van der Waals surface area contributed by atoms with Crippen molar-refractivity contribution < 1.29 is 0 Å². The zero-order valence-corrected chi connectivity index (χ0v) is 12.6. The van der Waals surface area contributed by atoms with Crippen LogP contribution >= 0.6 is 15.9 Å². The third-order valence-electron chi connectivity index (χ3n) is 3.44. The van der Waals surface area contributed by atoms with E-state index < -0.39 is 0 Å². The van der Waals surface area contributed by atoms with E-state index in [0.717, 1.165) is 36.5 Å². The van der Waals surface area contributed by atoms with E-state index in [4.69, 9.17) is 5.73 Å². The second-order valence-electron chi connectivity index (χ2n) is 4.71. The van der Waals surface area contributed by atoms with Gasteiger partial charge in [0.2, 0.25) is 5.95 Å². The van der Waals surface area contributed by atoms with Gasteiger partial charge in [0.15, 0.2) is 0 Å². The molecule has 0 unspecified atom stereocenters. The van der Waals surface area contributed by atoms with Crippen LogP contribution in [-0.4, -0.2) is 36.1 Å². The topological polar surface area (TPSA) is 58.3 Å². The average molecular weight is 334 g/mol. The molecule has 1 aliphatic heterocycles. The molecule has 0 aliphatic carbocycles. The van der Waals surface area contributed by atoms with Crippen molar-refractivity contribution in [3.05, 3.63) is 41.0 Å². The van der Waals surface area contributed by atoms with Crippen molar-refractivity contribution >= 4 is 33.4 Å². The summed E-state index contributed by atoms with van der Waals surface area (Å²) in [5.74, 6) is 1.19. The summed E-state index contributed by atoms with van der Waals surface area (Å²) < 4.78 is 0.889. The summed E-state index contributed by atoms with van der Waals surface area (Å²) in [5.41, 5.74) is 6.94. The second-order valence-corrected chi connectivity index (χ2v) is 5.56. The smallest absolute Gasteiger partial charge is 0.222 e. The Balaban J connectivity index is 1.71. The fourth-order valence-electron chi connectivity index (χ4n) is 2.41. The molecule has 1 saturated heterocycles. The quantitative estimate of drug-likeness (QED) is 0.912. The molecule has 104 valence electrons. The Morgan fingerprint density at radius 2 is 1.65 bits per heavy atom. The van der Waals surface area contributed by atoms with E-state index in [1.165, 1.54) is 5.69 Å². The molecule has 0 saturated carbocycles. The van der Waals surface area contributed by atoms with E-state index in [2.05, 4.69) is 60.0 Å². The van der Waals surface area contributed by atoms with Gasteiger partial charge in [0, 0.05) is 38.1 Å². The minimum atomic E-state index is 0.314. The maximum absolute atomic E-state index is 5.67. The highest BCUT2D eigenvalue weighted by molar-refractivity contribution is 9.10. The summed E-state index contributed by atoms with van der Waals surface area (Å²) in [6.45, 7) is 3.79. The predicted octanol–water partition coefficient (Wildman–Crippen LogP) is 2.15. The molecule has 0 amide bonds. The summed E-state index contributed by atoms with van der Waals surface area (Å²) in [7, 11) is 0. The van der Waals surface area contributed by atoms with Crippen molar-refractivity contribution in [1.29, 1.82) is 0 Å². The van der Waals surface area contributed by atoms with E-state index in [9.17, 15) is 0 Å². The highest BCUT2D eigenvalue weighted by Crippen LogP contribution is 2.25. The molecule has 1 fully saturated rings. The van der Waals surface area contributed by atoms with Crippen LogP contribution in [0, 0.1) is 0 Å². The van der Waals surface area contributed by atoms with Gasteiger partial charge in [0.1, 0.15) is 5.82 Å². The Kier molecular flexibility index (Phi) is 3.73. The molecule has 0 bridgehead atoms. The lowest BCUT2D eigenvalue weighted by atomic mass is 10.2. The van der Waals surface area contributed by atoms with Crippen LogP contribution in [0.3, 0.4) is 0 Å². The van der Waals surface area contributed by atoms with Gasteiger partial charge in [-0.2, -0.15) is 4.98 Å². The standard InChI is InChI=1S/C14H16BrN5/c15-12-10-17-14(16)18-13(12)20-8-6-19(7-9-20)11-4-2-1-3-5-11/h1-5,10H,6-9H2,(H2,16,17,18). The predicted molar refractivity (Wildman–Crippen MR) is 85.0 cm³/mol. The van der Waals surface area contributed by atoms with E-state index in [0.29, 0.717) is 5.95 Å². The molecule has 0 radical (unpaired) electrons.